The molecule has 0 fully saturated rings. The topological polar surface area (TPSA) is 68.5 Å². The standard InChI is InChI=1S/C9H11ClN6S/c1-17-5-3-12-8-13-7(10)14-9(15-8)16-4-2-11-6-16/h2,4,6H,3,5H2,1H3,(H,12,13,14,15). The normalized spacial score (nSPS) is 10.5. The first-order valence-electron chi connectivity index (χ1n) is 4.92. The molecule has 2 rings (SSSR count). The average molecular weight is 271 g/mol. The molecule has 2 heterocycles. The van der Waals surface area contributed by atoms with Gasteiger partial charge in [-0.1, -0.05) is 0 Å². The summed E-state index contributed by atoms with van der Waals surface area (Å²) in [6.45, 7) is 0.783. The molecule has 0 spiro atoms. The largest absolute Gasteiger partial charge is 0.353 e. The SMILES string of the molecule is CSCCNc1nc(Cl)nc(-n2ccnc2)n1. The van der Waals surface area contributed by atoms with Crippen LogP contribution in [0.5, 0.6) is 0 Å². The third-order valence-corrected chi connectivity index (χ3v) is 2.70. The molecule has 0 bridgehead atoms. The van der Waals surface area contributed by atoms with E-state index < -0.39 is 0 Å². The molecule has 0 saturated carbocycles. The van der Waals surface area contributed by atoms with E-state index in [-0.39, 0.29) is 5.28 Å². The summed E-state index contributed by atoms with van der Waals surface area (Å²) < 4.78 is 1.67. The first-order chi connectivity index (χ1) is 8.29. The second-order valence-corrected chi connectivity index (χ2v) is 4.44. The number of hydrogen-bond acceptors (Lipinski definition) is 6. The highest BCUT2D eigenvalue weighted by atomic mass is 35.5. The van der Waals surface area contributed by atoms with Crippen LogP contribution in [0, 0.1) is 0 Å². The highest BCUT2D eigenvalue weighted by Gasteiger charge is 2.05. The van der Waals surface area contributed by atoms with Gasteiger partial charge in [0.25, 0.3) is 0 Å². The fourth-order valence-electron chi connectivity index (χ4n) is 1.18. The minimum Gasteiger partial charge on any atom is -0.353 e. The molecule has 0 amide bonds. The molecule has 1 N–H and O–H groups in total. The van der Waals surface area contributed by atoms with E-state index in [4.69, 9.17) is 11.6 Å². The van der Waals surface area contributed by atoms with Crippen LogP contribution < -0.4 is 5.32 Å². The predicted octanol–water partition coefficient (Wildman–Crippen LogP) is 1.49. The summed E-state index contributed by atoms with van der Waals surface area (Å²) in [5, 5.41) is 3.25. The Bertz CT molecular complexity index is 474. The molecule has 0 aliphatic carbocycles. The fraction of sp³-hybridized carbons (Fsp3) is 0.333. The lowest BCUT2D eigenvalue weighted by molar-refractivity contribution is 0.892. The average Bonchev–Trinajstić information content (AvgIpc) is 2.82. The molecule has 0 unspecified atom stereocenters. The lowest BCUT2D eigenvalue weighted by Gasteiger charge is -2.05. The van der Waals surface area contributed by atoms with Gasteiger partial charge in [-0.15, -0.1) is 0 Å². The van der Waals surface area contributed by atoms with E-state index in [2.05, 4.69) is 25.3 Å². The lowest BCUT2D eigenvalue weighted by Crippen LogP contribution is -2.10. The summed E-state index contributed by atoms with van der Waals surface area (Å²) in [6.07, 6.45) is 7.05. The molecule has 2 aromatic rings. The molecule has 0 aromatic carbocycles. The third kappa shape index (κ3) is 3.31. The second-order valence-electron chi connectivity index (χ2n) is 3.12. The van der Waals surface area contributed by atoms with Gasteiger partial charge in [0.2, 0.25) is 17.2 Å². The maximum atomic E-state index is 5.84. The summed E-state index contributed by atoms with van der Waals surface area (Å²) in [6, 6.07) is 0. The Kier molecular flexibility index (Phi) is 4.16. The highest BCUT2D eigenvalue weighted by molar-refractivity contribution is 7.98. The van der Waals surface area contributed by atoms with Crippen molar-refractivity contribution in [3.63, 3.8) is 0 Å². The van der Waals surface area contributed by atoms with Gasteiger partial charge >= 0.3 is 0 Å². The van der Waals surface area contributed by atoms with Crippen molar-refractivity contribution >= 4 is 29.3 Å². The number of halogens is 1. The van der Waals surface area contributed by atoms with Gasteiger partial charge in [-0.05, 0) is 17.9 Å². The first kappa shape index (κ1) is 12.1. The van der Waals surface area contributed by atoms with Crippen molar-refractivity contribution in [2.24, 2.45) is 0 Å². The molecule has 0 aliphatic heterocycles. The van der Waals surface area contributed by atoms with Gasteiger partial charge < -0.3 is 5.32 Å². The van der Waals surface area contributed by atoms with E-state index in [9.17, 15) is 0 Å². The van der Waals surface area contributed by atoms with E-state index in [0.717, 1.165) is 12.3 Å². The Labute approximate surface area is 108 Å². The summed E-state index contributed by atoms with van der Waals surface area (Å²) in [5.74, 6) is 1.90. The molecule has 0 aliphatic rings. The van der Waals surface area contributed by atoms with Crippen molar-refractivity contribution in [2.45, 2.75) is 0 Å². The van der Waals surface area contributed by atoms with E-state index in [1.807, 2.05) is 6.26 Å². The van der Waals surface area contributed by atoms with Crippen molar-refractivity contribution in [3.05, 3.63) is 24.0 Å². The maximum absolute atomic E-state index is 5.84. The summed E-state index contributed by atoms with van der Waals surface area (Å²) in [4.78, 5) is 16.2. The predicted molar refractivity (Wildman–Crippen MR) is 68.8 cm³/mol. The van der Waals surface area contributed by atoms with Gasteiger partial charge in [0.1, 0.15) is 6.33 Å². The van der Waals surface area contributed by atoms with Gasteiger partial charge in [0.05, 0.1) is 0 Å². The smallest absolute Gasteiger partial charge is 0.241 e. The monoisotopic (exact) mass is 270 g/mol. The van der Waals surface area contributed by atoms with E-state index >= 15 is 0 Å². The number of nitrogens with one attached hydrogen (secondary N) is 1. The lowest BCUT2D eigenvalue weighted by atomic mass is 10.7. The number of thioether (sulfide) groups is 1. The van der Waals surface area contributed by atoms with Crippen LogP contribution in [-0.4, -0.2) is 43.1 Å². The van der Waals surface area contributed by atoms with Crippen molar-refractivity contribution in [2.75, 3.05) is 23.9 Å². The van der Waals surface area contributed by atoms with Gasteiger partial charge in [-0.3, -0.25) is 4.57 Å². The van der Waals surface area contributed by atoms with Crippen LogP contribution in [0.25, 0.3) is 5.95 Å². The summed E-state index contributed by atoms with van der Waals surface area (Å²) in [7, 11) is 0. The van der Waals surface area contributed by atoms with Crippen LogP contribution in [0.1, 0.15) is 0 Å². The van der Waals surface area contributed by atoms with E-state index in [0.29, 0.717) is 11.9 Å². The number of anilines is 1. The molecule has 0 atom stereocenters. The van der Waals surface area contributed by atoms with Crippen molar-refractivity contribution < 1.29 is 0 Å². The molecule has 8 heteroatoms. The summed E-state index contributed by atoms with van der Waals surface area (Å²) >= 11 is 7.58. The number of imidazole rings is 1. The maximum Gasteiger partial charge on any atom is 0.241 e. The van der Waals surface area contributed by atoms with Crippen molar-refractivity contribution in [3.8, 4) is 5.95 Å². The third-order valence-electron chi connectivity index (χ3n) is 1.92. The molecule has 90 valence electrons. The second kappa shape index (κ2) is 5.83. The number of nitrogens with zero attached hydrogens (tertiary/aromatic N) is 5. The Balaban J connectivity index is 2.18. The quantitative estimate of drug-likeness (QED) is 0.830. The van der Waals surface area contributed by atoms with Crippen molar-refractivity contribution in [1.82, 2.24) is 24.5 Å². The molecule has 2 aromatic heterocycles. The van der Waals surface area contributed by atoms with Crippen LogP contribution in [0.2, 0.25) is 5.28 Å². The Hall–Kier alpha value is -1.34. The molecule has 0 radical (unpaired) electrons. The highest BCUT2D eigenvalue weighted by Crippen LogP contribution is 2.09. The van der Waals surface area contributed by atoms with E-state index in [1.165, 1.54) is 0 Å². The van der Waals surface area contributed by atoms with Gasteiger partial charge in [-0.25, -0.2) is 4.98 Å². The van der Waals surface area contributed by atoms with Crippen LogP contribution in [-0.2, 0) is 0 Å². The Morgan fingerprint density at radius 1 is 1.41 bits per heavy atom. The van der Waals surface area contributed by atoms with Gasteiger partial charge in [-0.2, -0.15) is 26.7 Å². The first-order valence-corrected chi connectivity index (χ1v) is 6.69. The number of aromatic nitrogens is 5. The van der Waals surface area contributed by atoms with Crippen LogP contribution >= 0.6 is 23.4 Å². The van der Waals surface area contributed by atoms with Crippen LogP contribution in [0.4, 0.5) is 5.95 Å². The van der Waals surface area contributed by atoms with Gasteiger partial charge in [0, 0.05) is 24.7 Å². The summed E-state index contributed by atoms with van der Waals surface area (Å²) in [5.41, 5.74) is 0. The fourth-order valence-corrected chi connectivity index (χ4v) is 1.64. The molecule has 6 nitrogen and oxygen atoms in total. The van der Waals surface area contributed by atoms with Gasteiger partial charge in [0.15, 0.2) is 0 Å². The van der Waals surface area contributed by atoms with Crippen LogP contribution in [0.3, 0.4) is 0 Å². The Morgan fingerprint density at radius 3 is 3.00 bits per heavy atom. The number of hydrogen-bond donors (Lipinski definition) is 1. The molecular formula is C9H11ClN6S. The van der Waals surface area contributed by atoms with E-state index in [1.54, 1.807) is 35.0 Å². The minimum absolute atomic E-state index is 0.162. The van der Waals surface area contributed by atoms with Crippen molar-refractivity contribution in [1.29, 1.82) is 0 Å². The zero-order chi connectivity index (χ0) is 12.1. The number of rotatable bonds is 5. The zero-order valence-electron chi connectivity index (χ0n) is 9.17. The Morgan fingerprint density at radius 2 is 2.29 bits per heavy atom. The zero-order valence-corrected chi connectivity index (χ0v) is 10.7. The van der Waals surface area contributed by atoms with Crippen LogP contribution in [0.15, 0.2) is 18.7 Å². The molecule has 0 saturated heterocycles. The molecule has 17 heavy (non-hydrogen) atoms. The molecular weight excluding hydrogens is 260 g/mol. The minimum atomic E-state index is 0.162.